The Balaban J connectivity index is 2.07. The van der Waals surface area contributed by atoms with Gasteiger partial charge in [-0.3, -0.25) is 4.79 Å². The first-order valence-corrected chi connectivity index (χ1v) is 8.14. The summed E-state index contributed by atoms with van der Waals surface area (Å²) in [5.41, 5.74) is 5.91. The second kappa shape index (κ2) is 7.09. The van der Waals surface area contributed by atoms with Crippen molar-refractivity contribution in [2.75, 3.05) is 37.9 Å². The third-order valence-corrected chi connectivity index (χ3v) is 4.83. The first-order chi connectivity index (χ1) is 10.0. The highest BCUT2D eigenvalue weighted by molar-refractivity contribution is 7.18. The van der Waals surface area contributed by atoms with E-state index in [2.05, 4.69) is 24.1 Å². The topological polar surface area (TPSA) is 80.5 Å². The van der Waals surface area contributed by atoms with E-state index in [1.165, 1.54) is 17.8 Å². The van der Waals surface area contributed by atoms with Crippen LogP contribution in [-0.4, -0.2) is 48.6 Å². The molecule has 7 heteroatoms. The Bertz CT molecular complexity index is 491. The van der Waals surface area contributed by atoms with Gasteiger partial charge in [0.15, 0.2) is 5.13 Å². The van der Waals surface area contributed by atoms with Crippen LogP contribution in [0.25, 0.3) is 0 Å². The summed E-state index contributed by atoms with van der Waals surface area (Å²) in [4.78, 5) is 19.4. The van der Waals surface area contributed by atoms with Crippen LogP contribution in [0.5, 0.6) is 0 Å². The lowest BCUT2D eigenvalue weighted by atomic mass is 9.95. The van der Waals surface area contributed by atoms with Crippen LogP contribution in [0.15, 0.2) is 0 Å². The second-order valence-electron chi connectivity index (χ2n) is 5.64. The number of thiazole rings is 1. The van der Waals surface area contributed by atoms with Gasteiger partial charge in [0.05, 0.1) is 6.61 Å². The number of nitrogens with one attached hydrogen (secondary N) is 1. The predicted molar refractivity (Wildman–Crippen MR) is 85.8 cm³/mol. The molecule has 2 atom stereocenters. The molecule has 2 rings (SSSR count). The highest BCUT2D eigenvalue weighted by Crippen LogP contribution is 2.29. The summed E-state index contributed by atoms with van der Waals surface area (Å²) in [7, 11) is 1.64. The van der Waals surface area contributed by atoms with E-state index in [9.17, 15) is 4.79 Å². The Morgan fingerprint density at radius 1 is 1.52 bits per heavy atom. The molecule has 1 saturated heterocycles. The van der Waals surface area contributed by atoms with Gasteiger partial charge in [-0.15, -0.1) is 0 Å². The molecule has 1 aliphatic heterocycles. The Kier molecular flexibility index (Phi) is 5.41. The fraction of sp³-hybridized carbons (Fsp3) is 0.714. The number of amides is 1. The number of carbonyl (C=O) groups excluding carboxylic acids is 1. The molecule has 1 aromatic rings. The molecule has 3 N–H and O–H groups in total. The number of nitrogen functional groups attached to an aromatic ring is 1. The third kappa shape index (κ3) is 3.85. The van der Waals surface area contributed by atoms with Gasteiger partial charge in [-0.1, -0.05) is 18.3 Å². The summed E-state index contributed by atoms with van der Waals surface area (Å²) in [6.45, 7) is 6.31. The molecule has 1 aliphatic rings. The van der Waals surface area contributed by atoms with Crippen LogP contribution in [0.3, 0.4) is 0 Å². The van der Waals surface area contributed by atoms with E-state index in [4.69, 9.17) is 10.5 Å². The van der Waals surface area contributed by atoms with E-state index in [0.29, 0.717) is 34.9 Å². The fourth-order valence-corrected chi connectivity index (χ4v) is 3.39. The summed E-state index contributed by atoms with van der Waals surface area (Å²) in [5.74, 6) is 0.859. The lowest BCUT2D eigenvalue weighted by molar-refractivity contribution is 0.0580. The minimum atomic E-state index is 0.00356. The maximum absolute atomic E-state index is 12.7. The van der Waals surface area contributed by atoms with Gasteiger partial charge in [-0.2, -0.15) is 0 Å². The molecule has 6 nitrogen and oxygen atoms in total. The van der Waals surface area contributed by atoms with E-state index < -0.39 is 0 Å². The predicted octanol–water partition coefficient (Wildman–Crippen LogP) is 2.04. The molecule has 118 valence electrons. The van der Waals surface area contributed by atoms with Crippen molar-refractivity contribution >= 4 is 28.2 Å². The van der Waals surface area contributed by atoms with Crippen LogP contribution in [0.2, 0.25) is 0 Å². The van der Waals surface area contributed by atoms with Gasteiger partial charge in [0, 0.05) is 26.2 Å². The number of rotatable bonds is 5. The molecule has 0 aliphatic carbocycles. The summed E-state index contributed by atoms with van der Waals surface area (Å²) in [6.07, 6.45) is 2.22. The molecule has 0 saturated carbocycles. The summed E-state index contributed by atoms with van der Waals surface area (Å²) >= 11 is 1.32. The number of hydrogen-bond acceptors (Lipinski definition) is 6. The Labute approximate surface area is 129 Å². The van der Waals surface area contributed by atoms with Crippen LogP contribution >= 0.6 is 11.3 Å². The van der Waals surface area contributed by atoms with Crippen LogP contribution < -0.4 is 11.1 Å². The number of likely N-dealkylation sites (tertiary alicyclic amines) is 1. The largest absolute Gasteiger partial charge is 0.383 e. The van der Waals surface area contributed by atoms with Gasteiger partial charge >= 0.3 is 0 Å². The number of methoxy groups -OCH3 is 1. The zero-order valence-corrected chi connectivity index (χ0v) is 13.7. The molecule has 1 fully saturated rings. The Morgan fingerprint density at radius 2 is 2.29 bits per heavy atom. The smallest absolute Gasteiger partial charge is 0.268 e. The molecule has 0 radical (unpaired) electrons. The second-order valence-corrected chi connectivity index (χ2v) is 6.64. The minimum absolute atomic E-state index is 0.00356. The van der Waals surface area contributed by atoms with Crippen molar-refractivity contribution in [1.82, 2.24) is 9.88 Å². The number of nitrogens with two attached hydrogens (primary N) is 1. The molecular weight excluding hydrogens is 288 g/mol. The molecule has 0 spiro atoms. The van der Waals surface area contributed by atoms with E-state index in [1.807, 2.05) is 4.90 Å². The fourth-order valence-electron chi connectivity index (χ4n) is 2.52. The number of nitrogens with zero attached hydrogens (tertiary/aromatic N) is 2. The Hall–Kier alpha value is -1.34. The van der Waals surface area contributed by atoms with Gasteiger partial charge in [-0.25, -0.2) is 4.98 Å². The van der Waals surface area contributed by atoms with Gasteiger partial charge in [0.25, 0.3) is 5.91 Å². The zero-order chi connectivity index (χ0) is 15.4. The van der Waals surface area contributed by atoms with E-state index >= 15 is 0 Å². The number of anilines is 2. The number of ether oxygens (including phenoxy) is 1. The molecule has 21 heavy (non-hydrogen) atoms. The summed E-state index contributed by atoms with van der Waals surface area (Å²) in [6, 6.07) is 0.264. The average molecular weight is 312 g/mol. The van der Waals surface area contributed by atoms with Crippen LogP contribution in [0, 0.1) is 5.92 Å². The number of carbonyl (C=O) groups is 1. The van der Waals surface area contributed by atoms with Gasteiger partial charge in [0.2, 0.25) is 0 Å². The average Bonchev–Trinajstić information content (AvgIpc) is 2.82. The van der Waals surface area contributed by atoms with Crippen LogP contribution in [0.1, 0.15) is 36.4 Å². The van der Waals surface area contributed by atoms with Crippen molar-refractivity contribution in [3.05, 3.63) is 4.88 Å². The maximum atomic E-state index is 12.7. The zero-order valence-electron chi connectivity index (χ0n) is 12.9. The molecule has 0 bridgehead atoms. The van der Waals surface area contributed by atoms with Crippen molar-refractivity contribution < 1.29 is 9.53 Å². The molecule has 1 amide bonds. The van der Waals surface area contributed by atoms with Crippen molar-refractivity contribution in [3.8, 4) is 0 Å². The summed E-state index contributed by atoms with van der Waals surface area (Å²) in [5, 5.41) is 3.79. The quantitative estimate of drug-likeness (QED) is 0.813. The van der Waals surface area contributed by atoms with Crippen LogP contribution in [0.4, 0.5) is 10.9 Å². The lowest BCUT2D eigenvalue weighted by Crippen LogP contribution is -2.44. The minimum Gasteiger partial charge on any atom is -0.383 e. The number of hydrogen-bond donors (Lipinski definition) is 2. The number of aromatic nitrogens is 1. The summed E-state index contributed by atoms with van der Waals surface area (Å²) < 4.78 is 4.98. The Morgan fingerprint density at radius 3 is 3.00 bits per heavy atom. The van der Waals surface area contributed by atoms with Gasteiger partial charge < -0.3 is 20.7 Å². The first-order valence-electron chi connectivity index (χ1n) is 7.33. The molecule has 2 unspecified atom stereocenters. The maximum Gasteiger partial charge on any atom is 0.268 e. The lowest BCUT2D eigenvalue weighted by Gasteiger charge is -2.36. The molecule has 2 heterocycles. The monoisotopic (exact) mass is 312 g/mol. The molecular formula is C14H24N4O2S. The standard InChI is InChI=1S/C14H24N4O2S/c1-9-4-5-10(2)18(8-9)13(19)11-12(15)17-14(21-11)16-6-7-20-3/h9-10H,4-8,15H2,1-3H3,(H,16,17). The SMILES string of the molecule is COCCNc1nc(N)c(C(=O)N2CC(C)CCC2C)s1. The third-order valence-electron chi connectivity index (χ3n) is 3.81. The normalized spacial score (nSPS) is 22.3. The van der Waals surface area contributed by atoms with Gasteiger partial charge in [0.1, 0.15) is 10.7 Å². The first kappa shape index (κ1) is 16.0. The van der Waals surface area contributed by atoms with Crippen molar-refractivity contribution in [2.45, 2.75) is 32.7 Å². The van der Waals surface area contributed by atoms with Crippen LogP contribution in [-0.2, 0) is 4.74 Å². The van der Waals surface area contributed by atoms with Crippen molar-refractivity contribution in [3.63, 3.8) is 0 Å². The number of piperidine rings is 1. The highest BCUT2D eigenvalue weighted by atomic mass is 32.1. The molecule has 0 aromatic carbocycles. The van der Waals surface area contributed by atoms with E-state index in [1.54, 1.807) is 7.11 Å². The van der Waals surface area contributed by atoms with E-state index in [-0.39, 0.29) is 11.9 Å². The van der Waals surface area contributed by atoms with Gasteiger partial charge in [-0.05, 0) is 25.7 Å². The van der Waals surface area contributed by atoms with Crippen molar-refractivity contribution in [2.24, 2.45) is 5.92 Å². The highest BCUT2D eigenvalue weighted by Gasteiger charge is 2.30. The van der Waals surface area contributed by atoms with E-state index in [0.717, 1.165) is 13.0 Å². The van der Waals surface area contributed by atoms with Crippen molar-refractivity contribution in [1.29, 1.82) is 0 Å². The molecule has 1 aromatic heterocycles.